The fraction of sp³-hybridized carbons (Fsp3) is 0.182. The van der Waals surface area contributed by atoms with E-state index in [2.05, 4.69) is 4.98 Å². The molecule has 4 aromatic rings. The second kappa shape index (κ2) is 7.70. The van der Waals surface area contributed by atoms with Crippen LogP contribution in [0.25, 0.3) is 21.8 Å². The highest BCUT2D eigenvalue weighted by atomic mass is 16.5. The van der Waals surface area contributed by atoms with E-state index in [1.54, 1.807) is 0 Å². The van der Waals surface area contributed by atoms with E-state index in [-0.39, 0.29) is 19.6 Å². The Bertz CT molecular complexity index is 1140. The summed E-state index contributed by atoms with van der Waals surface area (Å²) in [5.74, 6) is 0.780. The van der Waals surface area contributed by atoms with Gasteiger partial charge in [0.15, 0.2) is 0 Å². The van der Waals surface area contributed by atoms with Crippen molar-refractivity contribution in [1.29, 1.82) is 0 Å². The molecule has 142 valence electrons. The van der Waals surface area contributed by atoms with Crippen LogP contribution in [0.15, 0.2) is 66.7 Å². The topological polar surface area (TPSA) is 90.4 Å². The zero-order valence-corrected chi connectivity index (χ0v) is 15.3. The molecule has 0 bridgehead atoms. The second-order valence-corrected chi connectivity index (χ2v) is 6.74. The number of primary amides is 1. The maximum absolute atomic E-state index is 11.4. The fourth-order valence-electron chi connectivity index (χ4n) is 3.33. The molecule has 0 aliphatic heterocycles. The third-order valence-corrected chi connectivity index (χ3v) is 4.62. The number of aliphatic hydroxyl groups excluding tert-OH is 1. The van der Waals surface area contributed by atoms with Gasteiger partial charge in [-0.05, 0) is 35.0 Å². The number of nitrogens with two attached hydrogens (primary N) is 1. The molecular formula is C22H21N3O3. The van der Waals surface area contributed by atoms with Gasteiger partial charge in [0.2, 0.25) is 5.91 Å². The van der Waals surface area contributed by atoms with E-state index in [4.69, 9.17) is 10.5 Å². The van der Waals surface area contributed by atoms with Crippen LogP contribution < -0.4 is 10.5 Å². The monoisotopic (exact) mass is 375 g/mol. The second-order valence-electron chi connectivity index (χ2n) is 6.74. The number of para-hydroxylation sites is 2. The number of ether oxygens (including phenoxy) is 1. The number of amides is 1. The molecule has 1 heterocycles. The van der Waals surface area contributed by atoms with Gasteiger partial charge in [0.1, 0.15) is 24.3 Å². The van der Waals surface area contributed by atoms with Gasteiger partial charge in [-0.25, -0.2) is 4.98 Å². The third kappa shape index (κ3) is 3.82. The maximum atomic E-state index is 11.4. The van der Waals surface area contributed by atoms with Crippen molar-refractivity contribution >= 4 is 27.7 Å². The molecule has 1 aromatic heterocycles. The van der Waals surface area contributed by atoms with Gasteiger partial charge < -0.3 is 20.1 Å². The average Bonchev–Trinajstić information content (AvgIpc) is 3.02. The fourth-order valence-corrected chi connectivity index (χ4v) is 3.33. The molecule has 1 atom stereocenters. The normalized spacial score (nSPS) is 12.3. The van der Waals surface area contributed by atoms with Gasteiger partial charge in [-0.3, -0.25) is 4.79 Å². The van der Waals surface area contributed by atoms with Crippen LogP contribution in [0.4, 0.5) is 0 Å². The summed E-state index contributed by atoms with van der Waals surface area (Å²) in [7, 11) is 0. The van der Waals surface area contributed by atoms with E-state index in [1.165, 1.54) is 0 Å². The number of hydrogen-bond donors (Lipinski definition) is 2. The van der Waals surface area contributed by atoms with Crippen LogP contribution in [0.5, 0.6) is 5.75 Å². The number of hydrogen-bond acceptors (Lipinski definition) is 4. The summed E-state index contributed by atoms with van der Waals surface area (Å²) in [6, 6.07) is 21.4. The van der Waals surface area contributed by atoms with Crippen molar-refractivity contribution < 1.29 is 14.6 Å². The summed E-state index contributed by atoms with van der Waals surface area (Å²) < 4.78 is 7.61. The first kappa shape index (κ1) is 18.0. The lowest BCUT2D eigenvalue weighted by atomic mass is 10.1. The highest BCUT2D eigenvalue weighted by molar-refractivity contribution is 5.83. The molecule has 3 N–H and O–H groups in total. The number of rotatable bonds is 7. The smallest absolute Gasteiger partial charge is 0.225 e. The lowest BCUT2D eigenvalue weighted by Crippen LogP contribution is -2.26. The van der Waals surface area contributed by atoms with E-state index < -0.39 is 12.0 Å². The van der Waals surface area contributed by atoms with Gasteiger partial charge in [-0.2, -0.15) is 0 Å². The maximum Gasteiger partial charge on any atom is 0.225 e. The Morgan fingerprint density at radius 1 is 1.07 bits per heavy atom. The molecule has 6 nitrogen and oxygen atoms in total. The SMILES string of the molecule is NC(=O)Cc1nc2ccccc2n1CC(O)COc1ccc2ccccc2c1. The summed E-state index contributed by atoms with van der Waals surface area (Å²) in [5, 5.41) is 12.7. The van der Waals surface area contributed by atoms with E-state index in [1.807, 2.05) is 71.3 Å². The van der Waals surface area contributed by atoms with Crippen LogP contribution in [-0.2, 0) is 17.8 Å². The lowest BCUT2D eigenvalue weighted by molar-refractivity contribution is -0.117. The van der Waals surface area contributed by atoms with Crippen LogP contribution in [0, 0.1) is 0 Å². The Hall–Kier alpha value is -3.38. The number of fused-ring (bicyclic) bond motifs is 2. The van der Waals surface area contributed by atoms with Crippen LogP contribution in [0.3, 0.4) is 0 Å². The van der Waals surface area contributed by atoms with Gasteiger partial charge in [-0.1, -0.05) is 42.5 Å². The standard InChI is InChI=1S/C22H21N3O3/c23-21(27)12-22-24-19-7-3-4-8-20(19)25(22)13-17(26)14-28-18-10-9-15-5-1-2-6-16(15)11-18/h1-11,17,26H,12-14H2,(H2,23,27). The van der Waals surface area contributed by atoms with Gasteiger partial charge in [0, 0.05) is 0 Å². The molecule has 28 heavy (non-hydrogen) atoms. The van der Waals surface area contributed by atoms with Crippen molar-refractivity contribution in [2.75, 3.05) is 6.61 Å². The number of imidazole rings is 1. The molecule has 0 fully saturated rings. The quantitative estimate of drug-likeness (QED) is 0.520. The Morgan fingerprint density at radius 2 is 1.82 bits per heavy atom. The predicted molar refractivity (Wildman–Crippen MR) is 108 cm³/mol. The van der Waals surface area contributed by atoms with E-state index in [0.717, 1.165) is 21.8 Å². The molecule has 0 aliphatic rings. The minimum Gasteiger partial charge on any atom is -0.491 e. The number of aromatic nitrogens is 2. The van der Waals surface area contributed by atoms with E-state index in [0.29, 0.717) is 11.6 Å². The number of carbonyl (C=O) groups excluding carboxylic acids is 1. The number of carbonyl (C=O) groups is 1. The van der Waals surface area contributed by atoms with Crippen molar-refractivity contribution in [3.8, 4) is 5.75 Å². The summed E-state index contributed by atoms with van der Waals surface area (Å²) in [4.78, 5) is 15.9. The molecule has 1 unspecified atom stereocenters. The van der Waals surface area contributed by atoms with E-state index in [9.17, 15) is 9.90 Å². The summed E-state index contributed by atoms with van der Waals surface area (Å²) in [6.45, 7) is 0.386. The first-order valence-corrected chi connectivity index (χ1v) is 9.12. The number of nitrogens with zero attached hydrogens (tertiary/aromatic N) is 2. The average molecular weight is 375 g/mol. The summed E-state index contributed by atoms with van der Waals surface area (Å²) in [6.07, 6.45) is -0.747. The molecule has 6 heteroatoms. The summed E-state index contributed by atoms with van der Waals surface area (Å²) >= 11 is 0. The summed E-state index contributed by atoms with van der Waals surface area (Å²) in [5.41, 5.74) is 6.96. The van der Waals surface area contributed by atoms with E-state index >= 15 is 0 Å². The van der Waals surface area contributed by atoms with Gasteiger partial charge >= 0.3 is 0 Å². The van der Waals surface area contributed by atoms with Crippen LogP contribution in [0.1, 0.15) is 5.82 Å². The molecule has 0 radical (unpaired) electrons. The zero-order chi connectivity index (χ0) is 19.5. The van der Waals surface area contributed by atoms with Crippen molar-refractivity contribution in [3.05, 3.63) is 72.6 Å². The molecule has 3 aromatic carbocycles. The molecule has 0 saturated heterocycles. The van der Waals surface area contributed by atoms with Crippen molar-refractivity contribution in [2.45, 2.75) is 19.1 Å². The zero-order valence-electron chi connectivity index (χ0n) is 15.3. The molecule has 0 aliphatic carbocycles. The molecule has 1 amide bonds. The highest BCUT2D eigenvalue weighted by Gasteiger charge is 2.16. The molecule has 0 saturated carbocycles. The first-order valence-electron chi connectivity index (χ1n) is 9.12. The van der Waals surface area contributed by atoms with Crippen LogP contribution >= 0.6 is 0 Å². The Kier molecular flexibility index (Phi) is 4.95. The number of aliphatic hydroxyl groups is 1. The van der Waals surface area contributed by atoms with Gasteiger partial charge in [0.25, 0.3) is 0 Å². The predicted octanol–water partition coefficient (Wildman–Crippen LogP) is 2.66. The van der Waals surface area contributed by atoms with Gasteiger partial charge in [0.05, 0.1) is 24.0 Å². The largest absolute Gasteiger partial charge is 0.491 e. The third-order valence-electron chi connectivity index (χ3n) is 4.62. The molecular weight excluding hydrogens is 354 g/mol. The van der Waals surface area contributed by atoms with Crippen LogP contribution in [-0.4, -0.2) is 33.3 Å². The van der Waals surface area contributed by atoms with Gasteiger partial charge in [-0.15, -0.1) is 0 Å². The lowest BCUT2D eigenvalue weighted by Gasteiger charge is -2.15. The van der Waals surface area contributed by atoms with Crippen molar-refractivity contribution in [1.82, 2.24) is 9.55 Å². The minimum atomic E-state index is -0.768. The number of benzene rings is 3. The van der Waals surface area contributed by atoms with Crippen molar-refractivity contribution in [2.24, 2.45) is 5.73 Å². The molecule has 0 spiro atoms. The highest BCUT2D eigenvalue weighted by Crippen LogP contribution is 2.21. The Labute approximate surface area is 162 Å². The van der Waals surface area contributed by atoms with Crippen molar-refractivity contribution in [3.63, 3.8) is 0 Å². The first-order chi connectivity index (χ1) is 13.6. The Morgan fingerprint density at radius 3 is 2.64 bits per heavy atom. The Balaban J connectivity index is 1.49. The molecule has 4 rings (SSSR count). The minimum absolute atomic E-state index is 0.0208. The van der Waals surface area contributed by atoms with Crippen LogP contribution in [0.2, 0.25) is 0 Å².